The lowest BCUT2D eigenvalue weighted by atomic mass is 9.84. The van der Waals surface area contributed by atoms with Crippen molar-refractivity contribution in [2.45, 2.75) is 45.6 Å². The molecule has 0 aliphatic heterocycles. The number of rotatable bonds is 3. The van der Waals surface area contributed by atoms with E-state index in [0.717, 1.165) is 11.8 Å². The molecule has 1 aliphatic carbocycles. The van der Waals surface area contributed by atoms with Crippen LogP contribution in [-0.2, 0) is 0 Å². The van der Waals surface area contributed by atoms with Gasteiger partial charge in [0.2, 0.25) is 5.88 Å². The predicted molar refractivity (Wildman–Crippen MR) is 61.1 cm³/mol. The maximum Gasteiger partial charge on any atom is 0.213 e. The van der Waals surface area contributed by atoms with Crippen LogP contribution < -0.4 is 4.74 Å². The molecule has 0 atom stereocenters. The Morgan fingerprint density at radius 1 is 1.33 bits per heavy atom. The SMILES string of the molecule is CC1CC(Oc2ccc(C(C)C)cn2)C1. The quantitative estimate of drug-likeness (QED) is 0.754. The minimum Gasteiger partial charge on any atom is -0.474 e. The van der Waals surface area contributed by atoms with Crippen LogP contribution in [0.1, 0.15) is 45.1 Å². The molecule has 0 bridgehead atoms. The Morgan fingerprint density at radius 3 is 2.53 bits per heavy atom. The van der Waals surface area contributed by atoms with Crippen molar-refractivity contribution in [3.8, 4) is 5.88 Å². The van der Waals surface area contributed by atoms with Gasteiger partial charge in [0.1, 0.15) is 6.10 Å². The smallest absolute Gasteiger partial charge is 0.213 e. The zero-order valence-corrected chi connectivity index (χ0v) is 9.73. The van der Waals surface area contributed by atoms with Gasteiger partial charge in [-0.2, -0.15) is 0 Å². The highest BCUT2D eigenvalue weighted by Crippen LogP contribution is 2.30. The Kier molecular flexibility index (Phi) is 2.94. The van der Waals surface area contributed by atoms with Crippen molar-refractivity contribution in [1.29, 1.82) is 0 Å². The summed E-state index contributed by atoms with van der Waals surface area (Å²) in [6.07, 6.45) is 4.67. The van der Waals surface area contributed by atoms with E-state index in [1.54, 1.807) is 0 Å². The van der Waals surface area contributed by atoms with E-state index in [2.05, 4.69) is 31.8 Å². The number of hydrogen-bond acceptors (Lipinski definition) is 2. The lowest BCUT2D eigenvalue weighted by Gasteiger charge is -2.32. The summed E-state index contributed by atoms with van der Waals surface area (Å²) in [4.78, 5) is 4.32. The van der Waals surface area contributed by atoms with Gasteiger partial charge in [-0.15, -0.1) is 0 Å². The molecule has 1 fully saturated rings. The van der Waals surface area contributed by atoms with Crippen LogP contribution in [0.15, 0.2) is 18.3 Å². The molecule has 1 heterocycles. The fourth-order valence-corrected chi connectivity index (χ4v) is 1.90. The highest BCUT2D eigenvalue weighted by atomic mass is 16.5. The molecular formula is C13H19NO. The van der Waals surface area contributed by atoms with Gasteiger partial charge in [-0.25, -0.2) is 4.98 Å². The molecular weight excluding hydrogens is 186 g/mol. The van der Waals surface area contributed by atoms with Crippen molar-refractivity contribution in [3.63, 3.8) is 0 Å². The van der Waals surface area contributed by atoms with Gasteiger partial charge in [0, 0.05) is 12.3 Å². The molecule has 0 spiro atoms. The minimum absolute atomic E-state index is 0.400. The van der Waals surface area contributed by atoms with E-state index in [1.165, 1.54) is 18.4 Å². The molecule has 0 amide bonds. The van der Waals surface area contributed by atoms with Gasteiger partial charge in [-0.05, 0) is 30.2 Å². The van der Waals surface area contributed by atoms with Gasteiger partial charge < -0.3 is 4.74 Å². The highest BCUT2D eigenvalue weighted by Gasteiger charge is 2.27. The molecule has 0 unspecified atom stereocenters. The molecule has 2 nitrogen and oxygen atoms in total. The highest BCUT2D eigenvalue weighted by molar-refractivity contribution is 5.20. The molecule has 2 rings (SSSR count). The molecule has 1 aromatic rings. The first-order valence-electron chi connectivity index (χ1n) is 5.77. The van der Waals surface area contributed by atoms with Crippen LogP contribution in [0, 0.1) is 5.92 Å². The van der Waals surface area contributed by atoms with Gasteiger partial charge in [0.05, 0.1) is 0 Å². The topological polar surface area (TPSA) is 22.1 Å². The number of pyridine rings is 1. The van der Waals surface area contributed by atoms with Gasteiger partial charge >= 0.3 is 0 Å². The first-order chi connectivity index (χ1) is 7.15. The predicted octanol–water partition coefficient (Wildman–Crippen LogP) is 3.38. The maximum atomic E-state index is 5.74. The lowest BCUT2D eigenvalue weighted by Crippen LogP contribution is -2.32. The minimum atomic E-state index is 0.400. The van der Waals surface area contributed by atoms with Gasteiger partial charge in [-0.3, -0.25) is 0 Å². The summed E-state index contributed by atoms with van der Waals surface area (Å²) < 4.78 is 5.74. The largest absolute Gasteiger partial charge is 0.474 e. The molecule has 1 aliphatic rings. The molecule has 0 N–H and O–H groups in total. The van der Waals surface area contributed by atoms with Crippen molar-refractivity contribution in [3.05, 3.63) is 23.9 Å². The average molecular weight is 205 g/mol. The second kappa shape index (κ2) is 4.21. The van der Waals surface area contributed by atoms with Crippen LogP contribution in [0.5, 0.6) is 5.88 Å². The molecule has 0 radical (unpaired) electrons. The van der Waals surface area contributed by atoms with Crippen molar-refractivity contribution in [2.24, 2.45) is 5.92 Å². The molecule has 15 heavy (non-hydrogen) atoms. The van der Waals surface area contributed by atoms with Crippen molar-refractivity contribution in [2.75, 3.05) is 0 Å². The van der Waals surface area contributed by atoms with E-state index < -0.39 is 0 Å². The zero-order valence-electron chi connectivity index (χ0n) is 9.73. The fraction of sp³-hybridized carbons (Fsp3) is 0.615. The van der Waals surface area contributed by atoms with Crippen molar-refractivity contribution in [1.82, 2.24) is 4.98 Å². The van der Waals surface area contributed by atoms with E-state index in [9.17, 15) is 0 Å². The zero-order chi connectivity index (χ0) is 10.8. The third kappa shape index (κ3) is 2.49. The second-order valence-corrected chi connectivity index (χ2v) is 4.90. The van der Waals surface area contributed by atoms with Crippen LogP contribution in [0.3, 0.4) is 0 Å². The van der Waals surface area contributed by atoms with E-state index in [1.807, 2.05) is 12.3 Å². The van der Waals surface area contributed by atoms with Gasteiger partial charge in [0.25, 0.3) is 0 Å². The molecule has 0 aromatic carbocycles. The van der Waals surface area contributed by atoms with E-state index in [0.29, 0.717) is 12.0 Å². The van der Waals surface area contributed by atoms with E-state index in [4.69, 9.17) is 4.74 Å². The monoisotopic (exact) mass is 205 g/mol. The third-order valence-corrected chi connectivity index (χ3v) is 3.04. The summed E-state index contributed by atoms with van der Waals surface area (Å²) >= 11 is 0. The van der Waals surface area contributed by atoms with E-state index >= 15 is 0 Å². The Balaban J connectivity index is 1.92. The van der Waals surface area contributed by atoms with Gasteiger partial charge in [-0.1, -0.05) is 26.8 Å². The van der Waals surface area contributed by atoms with Crippen LogP contribution in [0.4, 0.5) is 0 Å². The van der Waals surface area contributed by atoms with Crippen LogP contribution >= 0.6 is 0 Å². The maximum absolute atomic E-state index is 5.74. The molecule has 0 saturated heterocycles. The molecule has 1 aromatic heterocycles. The third-order valence-electron chi connectivity index (χ3n) is 3.04. The van der Waals surface area contributed by atoms with Crippen molar-refractivity contribution >= 4 is 0 Å². The Hall–Kier alpha value is -1.05. The molecule has 1 saturated carbocycles. The molecule has 82 valence electrons. The Bertz CT molecular complexity index is 312. The Morgan fingerprint density at radius 2 is 2.07 bits per heavy atom. The van der Waals surface area contributed by atoms with E-state index in [-0.39, 0.29) is 0 Å². The second-order valence-electron chi connectivity index (χ2n) is 4.90. The van der Waals surface area contributed by atoms with Gasteiger partial charge in [0.15, 0.2) is 0 Å². The standard InChI is InChI=1S/C13H19NO/c1-9(2)11-4-5-13(14-8-11)15-12-6-10(3)7-12/h4-5,8-10,12H,6-7H2,1-3H3. The Labute approximate surface area is 91.7 Å². The summed E-state index contributed by atoms with van der Waals surface area (Å²) in [6, 6.07) is 4.09. The number of aromatic nitrogens is 1. The number of hydrogen-bond donors (Lipinski definition) is 0. The summed E-state index contributed by atoms with van der Waals surface area (Å²) in [7, 11) is 0. The van der Waals surface area contributed by atoms with Crippen LogP contribution in [0.25, 0.3) is 0 Å². The fourth-order valence-electron chi connectivity index (χ4n) is 1.90. The summed E-state index contributed by atoms with van der Waals surface area (Å²) in [5, 5.41) is 0. The van der Waals surface area contributed by atoms with Crippen molar-refractivity contribution < 1.29 is 4.74 Å². The van der Waals surface area contributed by atoms with Crippen LogP contribution in [0.2, 0.25) is 0 Å². The van der Waals surface area contributed by atoms with Crippen LogP contribution in [-0.4, -0.2) is 11.1 Å². The first-order valence-corrected chi connectivity index (χ1v) is 5.77. The lowest BCUT2D eigenvalue weighted by molar-refractivity contribution is 0.0695. The molecule has 2 heteroatoms. The normalized spacial score (nSPS) is 25.1. The number of ether oxygens (including phenoxy) is 1. The first kappa shape index (κ1) is 10.5. The summed E-state index contributed by atoms with van der Waals surface area (Å²) in [5.41, 5.74) is 1.27. The number of nitrogens with zero attached hydrogens (tertiary/aromatic N) is 1. The summed E-state index contributed by atoms with van der Waals surface area (Å²) in [6.45, 7) is 6.60. The average Bonchev–Trinajstić information content (AvgIpc) is 2.16. The summed E-state index contributed by atoms with van der Waals surface area (Å²) in [5.74, 6) is 2.14.